The Hall–Kier alpha value is -3.14. The van der Waals surface area contributed by atoms with Crippen LogP contribution >= 0.6 is 11.3 Å². The number of nitrogens with zero attached hydrogens (tertiary/aromatic N) is 1. The van der Waals surface area contributed by atoms with Crippen molar-refractivity contribution < 1.29 is 29.3 Å². The summed E-state index contributed by atoms with van der Waals surface area (Å²) >= 11 is 1.54. The molecular formula is C41H54N2O6S. The van der Waals surface area contributed by atoms with Gasteiger partial charge in [-0.2, -0.15) is 0 Å². The first kappa shape index (κ1) is 35.3. The Bertz CT molecular complexity index is 1750. The molecule has 0 radical (unpaired) electrons. The molecule has 3 N–H and O–H groups in total. The van der Waals surface area contributed by atoms with Gasteiger partial charge in [-0.25, -0.2) is 4.79 Å². The van der Waals surface area contributed by atoms with Gasteiger partial charge in [0.05, 0.1) is 43.9 Å². The molecule has 3 saturated carbocycles. The molecule has 0 saturated heterocycles. The number of Topliss-reactive ketones (excluding diaryl/α,β-unsaturated/α-hetero) is 1. The summed E-state index contributed by atoms with van der Waals surface area (Å²) < 4.78 is 11.1. The number of urea groups is 1. The topological polar surface area (TPSA) is 108 Å². The average Bonchev–Trinajstić information content (AvgIpc) is 3.63. The number of aliphatic hydroxyl groups excluding tert-OH is 1. The highest BCUT2D eigenvalue weighted by Gasteiger charge is 2.74. The lowest BCUT2D eigenvalue weighted by molar-refractivity contribution is -0.174. The summed E-state index contributed by atoms with van der Waals surface area (Å²) in [7, 11) is 3.22. The van der Waals surface area contributed by atoms with E-state index in [-0.39, 0.29) is 53.6 Å². The SMILES string of the molecule is COc1ccc(CN(CC2(O)CCC3C45C=CC6(C=C4C(=O)c4ccc(C)s4)CC(O)CCC6(C)C5CCC32C)C(=O)NC(C)C)c(OC)c1. The fraction of sp³-hybridized carbons (Fsp3) is 0.610. The predicted octanol–water partition coefficient (Wildman–Crippen LogP) is 7.47. The molecule has 2 bridgehead atoms. The predicted molar refractivity (Wildman–Crippen MR) is 196 cm³/mol. The van der Waals surface area contributed by atoms with Crippen LogP contribution < -0.4 is 14.8 Å². The molecule has 50 heavy (non-hydrogen) atoms. The van der Waals surface area contributed by atoms with Crippen molar-refractivity contribution in [3.05, 3.63) is 69.5 Å². The molecule has 8 unspecified atom stereocenters. The third-order valence-electron chi connectivity index (χ3n) is 13.9. The fourth-order valence-electron chi connectivity index (χ4n) is 11.3. The van der Waals surface area contributed by atoms with E-state index in [0.29, 0.717) is 24.3 Å². The van der Waals surface area contributed by atoms with Crippen molar-refractivity contribution in [2.45, 2.75) is 104 Å². The van der Waals surface area contributed by atoms with Crippen molar-refractivity contribution in [1.82, 2.24) is 10.2 Å². The van der Waals surface area contributed by atoms with E-state index in [9.17, 15) is 19.8 Å². The van der Waals surface area contributed by atoms with Crippen LogP contribution in [0.15, 0.2) is 54.1 Å². The Balaban J connectivity index is 1.29. The lowest BCUT2D eigenvalue weighted by Gasteiger charge is -2.71. The van der Waals surface area contributed by atoms with Gasteiger partial charge in [0, 0.05) is 44.4 Å². The summed E-state index contributed by atoms with van der Waals surface area (Å²) in [6, 6.07) is 9.26. The monoisotopic (exact) mass is 702 g/mol. The second-order valence-corrected chi connectivity index (χ2v) is 18.0. The van der Waals surface area contributed by atoms with Gasteiger partial charge in [-0.3, -0.25) is 4.79 Å². The average molecular weight is 703 g/mol. The van der Waals surface area contributed by atoms with E-state index in [1.807, 2.05) is 51.1 Å². The highest BCUT2D eigenvalue weighted by atomic mass is 32.1. The maximum Gasteiger partial charge on any atom is 0.317 e. The van der Waals surface area contributed by atoms with Crippen LogP contribution in [0.3, 0.4) is 0 Å². The van der Waals surface area contributed by atoms with Crippen LogP contribution in [-0.4, -0.2) is 65.4 Å². The molecule has 1 aromatic heterocycles. The Morgan fingerprint density at radius 1 is 1.00 bits per heavy atom. The Kier molecular flexibility index (Phi) is 8.63. The number of benzene rings is 1. The largest absolute Gasteiger partial charge is 0.497 e. The number of rotatable bonds is 9. The van der Waals surface area contributed by atoms with E-state index in [1.54, 1.807) is 30.5 Å². The minimum Gasteiger partial charge on any atom is -0.497 e. The van der Waals surface area contributed by atoms with Crippen LogP contribution in [0.25, 0.3) is 0 Å². The third kappa shape index (κ3) is 5.04. The van der Waals surface area contributed by atoms with Crippen molar-refractivity contribution in [3.63, 3.8) is 0 Å². The Morgan fingerprint density at radius 3 is 2.40 bits per heavy atom. The van der Waals surface area contributed by atoms with E-state index in [0.717, 1.165) is 53.0 Å². The molecule has 8 atom stereocenters. The van der Waals surface area contributed by atoms with Crippen molar-refractivity contribution in [3.8, 4) is 11.5 Å². The molecule has 1 aromatic carbocycles. The fourth-order valence-corrected chi connectivity index (χ4v) is 12.2. The second kappa shape index (κ2) is 12.2. The molecule has 2 amide bonds. The van der Waals surface area contributed by atoms with Crippen LogP contribution in [-0.2, 0) is 6.54 Å². The first-order valence-electron chi connectivity index (χ1n) is 18.4. The molecule has 6 aliphatic carbocycles. The van der Waals surface area contributed by atoms with Crippen LogP contribution in [0.5, 0.6) is 11.5 Å². The number of ketones is 1. The number of aryl methyl sites for hydroxylation is 1. The third-order valence-corrected chi connectivity index (χ3v) is 14.9. The first-order chi connectivity index (χ1) is 23.6. The van der Waals surface area contributed by atoms with Gasteiger partial charge in [-0.05, 0) is 107 Å². The quantitative estimate of drug-likeness (QED) is 0.185. The Morgan fingerprint density at radius 2 is 1.72 bits per heavy atom. The number of ether oxygens (including phenoxy) is 2. The summed E-state index contributed by atoms with van der Waals surface area (Å²) in [6.07, 6.45) is 11.8. The lowest BCUT2D eigenvalue weighted by atomic mass is 9.32. The molecule has 8 nitrogen and oxygen atoms in total. The van der Waals surface area contributed by atoms with Crippen LogP contribution in [0.2, 0.25) is 0 Å². The van der Waals surface area contributed by atoms with Crippen LogP contribution in [0.4, 0.5) is 4.79 Å². The maximum absolute atomic E-state index is 14.7. The summed E-state index contributed by atoms with van der Waals surface area (Å²) in [6.45, 7) is 10.9. The highest BCUT2D eigenvalue weighted by molar-refractivity contribution is 7.14. The maximum atomic E-state index is 14.7. The molecule has 270 valence electrons. The number of hydrogen-bond acceptors (Lipinski definition) is 7. The molecule has 8 rings (SSSR count). The second-order valence-electron chi connectivity index (χ2n) is 16.7. The van der Waals surface area contributed by atoms with E-state index in [2.05, 4.69) is 37.4 Å². The van der Waals surface area contributed by atoms with Gasteiger partial charge in [0.15, 0.2) is 5.78 Å². The number of nitrogens with one attached hydrogen (secondary N) is 1. The van der Waals surface area contributed by atoms with E-state index < -0.39 is 22.5 Å². The standard InChI is InChI=1S/C41H54N2O6S/c1-25(2)42-36(46)43(23-27-9-10-29(48-6)20-31(27)49-7)24-40(47)17-14-34-38(40,5)16-13-33-37(4)15-12-28(44)21-39(37)18-19-41(33,34)30(22-39)35(45)32-11-8-26(3)50-32/h8-11,18-20,22,25,28,33-34,44,47H,12-17,21,23-24H2,1-7H3,(H,42,46). The summed E-state index contributed by atoms with van der Waals surface area (Å²) in [5, 5.41) is 27.1. The zero-order chi connectivity index (χ0) is 35.9. The molecule has 2 spiro atoms. The van der Waals surface area contributed by atoms with Gasteiger partial charge >= 0.3 is 6.03 Å². The normalized spacial score (nSPS) is 36.7. The van der Waals surface area contributed by atoms with Crippen molar-refractivity contribution in [2.24, 2.45) is 33.5 Å². The van der Waals surface area contributed by atoms with Gasteiger partial charge in [-0.15, -0.1) is 11.3 Å². The molecular weight excluding hydrogens is 649 g/mol. The van der Waals surface area contributed by atoms with Gasteiger partial charge in [-0.1, -0.05) is 32.1 Å². The smallest absolute Gasteiger partial charge is 0.317 e. The van der Waals surface area contributed by atoms with Crippen molar-refractivity contribution >= 4 is 23.2 Å². The number of carbonyl (C=O) groups is 2. The summed E-state index contributed by atoms with van der Waals surface area (Å²) in [5.41, 5.74) is -1.10. The zero-order valence-corrected chi connectivity index (χ0v) is 31.5. The number of aliphatic hydroxyl groups is 2. The lowest BCUT2D eigenvalue weighted by Crippen LogP contribution is -2.67. The zero-order valence-electron chi connectivity index (χ0n) is 30.7. The minimum atomic E-state index is -1.19. The number of allylic oxidation sites excluding steroid dienone is 4. The van der Waals surface area contributed by atoms with Gasteiger partial charge < -0.3 is 29.9 Å². The number of amides is 2. The molecule has 2 aromatic rings. The first-order valence-corrected chi connectivity index (χ1v) is 19.2. The van der Waals surface area contributed by atoms with Gasteiger partial charge in [0.2, 0.25) is 0 Å². The minimum absolute atomic E-state index is 0.00114. The molecule has 9 heteroatoms. The Labute approximate surface area is 300 Å². The van der Waals surface area contributed by atoms with E-state index in [1.165, 1.54) is 0 Å². The molecule has 3 fully saturated rings. The number of hydrogen-bond donors (Lipinski definition) is 3. The van der Waals surface area contributed by atoms with Crippen molar-refractivity contribution in [2.75, 3.05) is 20.8 Å². The molecule has 0 aliphatic heterocycles. The number of fused-ring (bicyclic) bond motifs is 1. The summed E-state index contributed by atoms with van der Waals surface area (Å²) in [4.78, 5) is 32.3. The summed E-state index contributed by atoms with van der Waals surface area (Å²) in [5.74, 6) is 1.58. The van der Waals surface area contributed by atoms with Gasteiger partial charge in [0.25, 0.3) is 0 Å². The van der Waals surface area contributed by atoms with E-state index >= 15 is 0 Å². The molecule has 1 heterocycles. The van der Waals surface area contributed by atoms with E-state index in [4.69, 9.17) is 9.47 Å². The van der Waals surface area contributed by atoms with Crippen molar-refractivity contribution in [1.29, 1.82) is 0 Å². The molecule has 6 aliphatic rings. The number of methoxy groups -OCH3 is 2. The highest BCUT2D eigenvalue weighted by Crippen LogP contribution is 2.78. The number of carbonyl (C=O) groups excluding carboxylic acids is 2. The van der Waals surface area contributed by atoms with Crippen LogP contribution in [0.1, 0.15) is 92.8 Å². The number of thiophene rings is 1. The van der Waals surface area contributed by atoms with Crippen LogP contribution in [0, 0.1) is 40.4 Å². The van der Waals surface area contributed by atoms with Gasteiger partial charge in [0.1, 0.15) is 11.5 Å².